The quantitative estimate of drug-likeness (QED) is 0.365. The monoisotopic (exact) mass is 494 g/mol. The molecule has 1 fully saturated rings. The van der Waals surface area contributed by atoms with E-state index < -0.39 is 0 Å². The second-order valence-electron chi connectivity index (χ2n) is 9.67. The van der Waals surface area contributed by atoms with Crippen molar-refractivity contribution >= 4 is 33.7 Å². The zero-order valence-corrected chi connectivity index (χ0v) is 21.1. The fourth-order valence-electron chi connectivity index (χ4n) is 5.26. The number of aryl methyl sites for hydroxylation is 2. The van der Waals surface area contributed by atoms with Crippen LogP contribution in [0, 0.1) is 6.92 Å². The van der Waals surface area contributed by atoms with Crippen molar-refractivity contribution < 1.29 is 9.90 Å². The van der Waals surface area contributed by atoms with Crippen LogP contribution in [0.25, 0.3) is 16.4 Å². The van der Waals surface area contributed by atoms with Crippen LogP contribution in [0.4, 0.5) is 11.4 Å². The Balaban J connectivity index is 1.30. The summed E-state index contributed by atoms with van der Waals surface area (Å²) in [6.07, 6.45) is 3.18. The molecule has 5 heterocycles. The number of carbonyl (C=O) groups excluding carboxylic acids is 1. The molecule has 1 amide bonds. The van der Waals surface area contributed by atoms with Gasteiger partial charge in [0.15, 0.2) is 0 Å². The van der Waals surface area contributed by atoms with Gasteiger partial charge in [-0.1, -0.05) is 19.1 Å². The molecule has 5 aromatic rings. The summed E-state index contributed by atoms with van der Waals surface area (Å²) < 4.78 is 3.87. The number of hydrogen-bond donors (Lipinski definition) is 2. The van der Waals surface area contributed by atoms with Crippen LogP contribution in [-0.4, -0.2) is 49.4 Å². The first-order valence-corrected chi connectivity index (χ1v) is 12.8. The van der Waals surface area contributed by atoms with E-state index >= 15 is 0 Å². The highest BCUT2D eigenvalue weighted by Gasteiger charge is 2.22. The van der Waals surface area contributed by atoms with Crippen LogP contribution < -0.4 is 10.2 Å². The van der Waals surface area contributed by atoms with Crippen LogP contribution in [0.3, 0.4) is 0 Å². The zero-order valence-electron chi connectivity index (χ0n) is 21.1. The van der Waals surface area contributed by atoms with Crippen LogP contribution in [0.5, 0.6) is 0 Å². The summed E-state index contributed by atoms with van der Waals surface area (Å²) >= 11 is 0. The Hall–Kier alpha value is -4.17. The molecule has 8 heteroatoms. The highest BCUT2D eigenvalue weighted by atomic mass is 16.3. The molecule has 0 aliphatic carbocycles. The van der Waals surface area contributed by atoms with Crippen LogP contribution >= 0.6 is 0 Å². The van der Waals surface area contributed by atoms with Crippen molar-refractivity contribution in [3.8, 4) is 0 Å². The molecule has 1 aliphatic heterocycles. The summed E-state index contributed by atoms with van der Waals surface area (Å²) in [6.45, 7) is 6.10. The normalized spacial score (nSPS) is 15.6. The molecule has 1 saturated heterocycles. The Labute approximate surface area is 215 Å². The summed E-state index contributed by atoms with van der Waals surface area (Å²) in [5.41, 5.74) is 7.14. The fourth-order valence-corrected chi connectivity index (χ4v) is 5.26. The van der Waals surface area contributed by atoms with E-state index in [-0.39, 0.29) is 12.0 Å². The number of nitrogens with one attached hydrogen (secondary N) is 1. The number of nitrogens with zero attached hydrogens (tertiary/aromatic N) is 5. The molecule has 4 aromatic heterocycles. The van der Waals surface area contributed by atoms with Gasteiger partial charge in [0, 0.05) is 41.6 Å². The lowest BCUT2D eigenvalue weighted by atomic mass is 10.1. The summed E-state index contributed by atoms with van der Waals surface area (Å²) in [7, 11) is 0. The van der Waals surface area contributed by atoms with Crippen LogP contribution in [0.15, 0.2) is 66.9 Å². The van der Waals surface area contributed by atoms with Gasteiger partial charge in [-0.2, -0.15) is 5.10 Å². The number of rotatable bonds is 6. The predicted molar refractivity (Wildman–Crippen MR) is 145 cm³/mol. The summed E-state index contributed by atoms with van der Waals surface area (Å²) in [4.78, 5) is 20.2. The van der Waals surface area contributed by atoms with E-state index in [9.17, 15) is 9.90 Å². The molecule has 0 radical (unpaired) electrons. The third kappa shape index (κ3) is 4.34. The molecular formula is C29H30N6O2. The minimum Gasteiger partial charge on any atom is -0.391 e. The van der Waals surface area contributed by atoms with Crippen molar-refractivity contribution in [1.29, 1.82) is 0 Å². The predicted octanol–water partition coefficient (Wildman–Crippen LogP) is 4.43. The second-order valence-corrected chi connectivity index (χ2v) is 9.67. The zero-order chi connectivity index (χ0) is 25.5. The number of aliphatic hydroxyl groups is 1. The van der Waals surface area contributed by atoms with Gasteiger partial charge in [0.05, 0.1) is 35.2 Å². The molecule has 188 valence electrons. The highest BCUT2D eigenvalue weighted by Crippen LogP contribution is 2.29. The van der Waals surface area contributed by atoms with Crippen molar-refractivity contribution in [1.82, 2.24) is 19.2 Å². The lowest BCUT2D eigenvalue weighted by Crippen LogP contribution is -2.21. The maximum absolute atomic E-state index is 13.4. The van der Waals surface area contributed by atoms with E-state index in [0.29, 0.717) is 18.8 Å². The maximum Gasteiger partial charge on any atom is 0.272 e. The number of aliphatic hydroxyl groups excluding tert-OH is 1. The van der Waals surface area contributed by atoms with Gasteiger partial charge in [0.1, 0.15) is 5.69 Å². The third-order valence-corrected chi connectivity index (χ3v) is 7.09. The third-order valence-electron chi connectivity index (χ3n) is 7.09. The molecule has 2 N–H and O–H groups in total. The number of carbonyl (C=O) groups is 1. The Morgan fingerprint density at radius 3 is 2.78 bits per heavy atom. The number of fused-ring (bicyclic) bond motifs is 2. The maximum atomic E-state index is 13.4. The minimum atomic E-state index is -0.280. The molecule has 0 unspecified atom stereocenters. The number of amides is 1. The average molecular weight is 495 g/mol. The highest BCUT2D eigenvalue weighted by molar-refractivity contribution is 6.09. The van der Waals surface area contributed by atoms with Gasteiger partial charge in [-0.3, -0.25) is 14.5 Å². The first-order valence-electron chi connectivity index (χ1n) is 12.8. The molecule has 0 bridgehead atoms. The standard InChI is InChI=1S/C29H30N6O2/c1-3-24-28-25(8-5-9-26(28)35(32-24)17-20-7-4-6-19(2)30-20)31-29(37)27-11-10-22-16-21(12-15-34(22)27)33-14-13-23(36)18-33/h4-12,15-16,23,36H,3,13-14,17-18H2,1-2H3,(H,31,37)/t23-/m0/s1. The second kappa shape index (κ2) is 9.37. The lowest BCUT2D eigenvalue weighted by Gasteiger charge is -2.18. The largest absolute Gasteiger partial charge is 0.391 e. The van der Waals surface area contributed by atoms with Crippen LogP contribution in [-0.2, 0) is 13.0 Å². The smallest absolute Gasteiger partial charge is 0.272 e. The van der Waals surface area contributed by atoms with Gasteiger partial charge in [-0.15, -0.1) is 0 Å². The lowest BCUT2D eigenvalue weighted by molar-refractivity contribution is 0.102. The van der Waals surface area contributed by atoms with Gasteiger partial charge >= 0.3 is 0 Å². The molecule has 8 nitrogen and oxygen atoms in total. The number of hydrogen-bond acceptors (Lipinski definition) is 5. The average Bonchev–Trinajstić information content (AvgIpc) is 3.61. The van der Waals surface area contributed by atoms with E-state index in [1.54, 1.807) is 0 Å². The Kier molecular flexibility index (Phi) is 5.88. The number of aromatic nitrogens is 4. The van der Waals surface area contributed by atoms with Gasteiger partial charge in [-0.05, 0) is 68.3 Å². The number of pyridine rings is 2. The van der Waals surface area contributed by atoms with Crippen LogP contribution in [0.1, 0.15) is 40.9 Å². The molecule has 1 atom stereocenters. The molecule has 37 heavy (non-hydrogen) atoms. The molecule has 0 spiro atoms. The van der Waals surface area contributed by atoms with Gasteiger partial charge in [0.2, 0.25) is 0 Å². The first kappa shape index (κ1) is 23.2. The molecular weight excluding hydrogens is 464 g/mol. The van der Waals surface area contributed by atoms with Crippen molar-refractivity contribution in [2.75, 3.05) is 23.3 Å². The fraction of sp³-hybridized carbons (Fsp3) is 0.276. The number of anilines is 2. The van der Waals surface area contributed by atoms with E-state index in [4.69, 9.17) is 5.10 Å². The summed E-state index contributed by atoms with van der Waals surface area (Å²) in [5, 5.41) is 18.8. The SMILES string of the molecule is CCc1nn(Cc2cccc(C)n2)c2cccc(NC(=O)c3ccc4cc(N5CC[C@H](O)C5)ccn34)c12. The number of benzene rings is 1. The summed E-state index contributed by atoms with van der Waals surface area (Å²) in [5.74, 6) is -0.174. The minimum absolute atomic E-state index is 0.174. The Bertz CT molecular complexity index is 1620. The van der Waals surface area contributed by atoms with Crippen LogP contribution in [0.2, 0.25) is 0 Å². The molecule has 1 aliphatic rings. The van der Waals surface area contributed by atoms with Crippen molar-refractivity contribution in [3.05, 3.63) is 89.6 Å². The first-order chi connectivity index (χ1) is 18.0. The van der Waals surface area contributed by atoms with Gasteiger partial charge in [-0.25, -0.2) is 0 Å². The van der Waals surface area contributed by atoms with Crippen molar-refractivity contribution in [2.45, 2.75) is 39.3 Å². The summed E-state index contributed by atoms with van der Waals surface area (Å²) in [6, 6.07) is 19.8. The molecule has 6 rings (SSSR count). The van der Waals surface area contributed by atoms with E-state index in [1.807, 2.05) is 76.8 Å². The van der Waals surface area contributed by atoms with Gasteiger partial charge in [0.25, 0.3) is 5.91 Å². The Morgan fingerprint density at radius 1 is 1.14 bits per heavy atom. The van der Waals surface area contributed by atoms with Gasteiger partial charge < -0.3 is 19.7 Å². The molecule has 1 aromatic carbocycles. The topological polar surface area (TPSA) is 87.7 Å². The van der Waals surface area contributed by atoms with E-state index in [2.05, 4.69) is 28.2 Å². The van der Waals surface area contributed by atoms with Crippen molar-refractivity contribution in [2.24, 2.45) is 0 Å². The van der Waals surface area contributed by atoms with E-state index in [0.717, 1.165) is 64.3 Å². The van der Waals surface area contributed by atoms with E-state index in [1.165, 1.54) is 0 Å². The van der Waals surface area contributed by atoms with Crippen molar-refractivity contribution in [3.63, 3.8) is 0 Å². The Morgan fingerprint density at radius 2 is 2.00 bits per heavy atom. The molecule has 0 saturated carbocycles. The number of β-amino-alcohol motifs (C(OH)–C–C–N with tert-alkyl or cyclic N) is 1.